The van der Waals surface area contributed by atoms with E-state index in [4.69, 9.17) is 5.10 Å². The van der Waals surface area contributed by atoms with Crippen molar-refractivity contribution in [2.24, 2.45) is 5.92 Å². The van der Waals surface area contributed by atoms with E-state index in [9.17, 15) is 9.90 Å². The highest BCUT2D eigenvalue weighted by atomic mass is 16.4. The number of benzene rings is 2. The van der Waals surface area contributed by atoms with Crippen molar-refractivity contribution in [2.45, 2.75) is 32.9 Å². The van der Waals surface area contributed by atoms with Crippen molar-refractivity contribution in [3.8, 4) is 11.3 Å². The van der Waals surface area contributed by atoms with E-state index in [0.29, 0.717) is 12.8 Å². The molecule has 0 unspecified atom stereocenters. The summed E-state index contributed by atoms with van der Waals surface area (Å²) in [6, 6.07) is 18.8. The lowest BCUT2D eigenvalue weighted by Gasteiger charge is -2.29. The molecule has 1 aromatic heterocycles. The van der Waals surface area contributed by atoms with Crippen LogP contribution in [0.4, 0.5) is 0 Å². The van der Waals surface area contributed by atoms with Gasteiger partial charge in [0, 0.05) is 23.9 Å². The lowest BCUT2D eigenvalue weighted by molar-refractivity contribution is -0.143. The van der Waals surface area contributed by atoms with Crippen molar-refractivity contribution in [3.05, 3.63) is 77.5 Å². The molecular weight excluding hydrogens is 362 g/mol. The number of piperidine rings is 1. The predicted molar refractivity (Wildman–Crippen MR) is 114 cm³/mol. The van der Waals surface area contributed by atoms with E-state index < -0.39 is 5.97 Å². The molecule has 2 aromatic carbocycles. The quantitative estimate of drug-likeness (QED) is 0.686. The maximum absolute atomic E-state index is 11.2. The van der Waals surface area contributed by atoms with Crippen molar-refractivity contribution < 1.29 is 9.90 Å². The summed E-state index contributed by atoms with van der Waals surface area (Å²) in [5.74, 6) is -0.871. The fourth-order valence-electron chi connectivity index (χ4n) is 4.04. The van der Waals surface area contributed by atoms with Gasteiger partial charge in [-0.3, -0.25) is 14.4 Å². The van der Waals surface area contributed by atoms with Gasteiger partial charge in [-0.05, 0) is 44.5 Å². The molecule has 29 heavy (non-hydrogen) atoms. The SMILES string of the molecule is Cc1cccc(-c2nn(Cc3ccccc3)cc2CN2CCC(C(=O)O)CC2)c1. The number of nitrogens with zero attached hydrogens (tertiary/aromatic N) is 3. The molecule has 1 N–H and O–H groups in total. The van der Waals surface area contributed by atoms with E-state index >= 15 is 0 Å². The van der Waals surface area contributed by atoms with Crippen molar-refractivity contribution >= 4 is 5.97 Å². The highest BCUT2D eigenvalue weighted by molar-refractivity contribution is 5.70. The molecule has 4 rings (SSSR count). The van der Waals surface area contributed by atoms with Gasteiger partial charge in [0.05, 0.1) is 18.2 Å². The number of hydrogen-bond donors (Lipinski definition) is 1. The van der Waals surface area contributed by atoms with Gasteiger partial charge in [0.1, 0.15) is 0 Å². The van der Waals surface area contributed by atoms with Gasteiger partial charge in [0.15, 0.2) is 0 Å². The monoisotopic (exact) mass is 389 g/mol. The molecule has 150 valence electrons. The van der Waals surface area contributed by atoms with Crippen LogP contribution < -0.4 is 0 Å². The van der Waals surface area contributed by atoms with E-state index in [1.165, 1.54) is 16.7 Å². The van der Waals surface area contributed by atoms with E-state index in [0.717, 1.165) is 37.4 Å². The Morgan fingerprint density at radius 2 is 1.83 bits per heavy atom. The molecule has 0 radical (unpaired) electrons. The van der Waals surface area contributed by atoms with Crippen LogP contribution in [0.1, 0.15) is 29.5 Å². The van der Waals surface area contributed by atoms with Gasteiger partial charge in [-0.1, -0.05) is 54.1 Å². The molecule has 0 bridgehead atoms. The zero-order valence-electron chi connectivity index (χ0n) is 16.8. The van der Waals surface area contributed by atoms with E-state index in [1.54, 1.807) is 0 Å². The van der Waals surface area contributed by atoms with Gasteiger partial charge in [-0.15, -0.1) is 0 Å². The Bertz CT molecular complexity index is 973. The maximum Gasteiger partial charge on any atom is 0.306 e. The Balaban J connectivity index is 1.58. The van der Waals surface area contributed by atoms with E-state index in [2.05, 4.69) is 54.4 Å². The van der Waals surface area contributed by atoms with Crippen LogP contribution in [-0.2, 0) is 17.9 Å². The van der Waals surface area contributed by atoms with Crippen LogP contribution in [0.5, 0.6) is 0 Å². The Labute approximate surface area is 171 Å². The lowest BCUT2D eigenvalue weighted by atomic mass is 9.96. The number of likely N-dealkylation sites (tertiary alicyclic amines) is 1. The van der Waals surface area contributed by atoms with Crippen molar-refractivity contribution in [1.29, 1.82) is 0 Å². The summed E-state index contributed by atoms with van der Waals surface area (Å²) < 4.78 is 2.02. The highest BCUT2D eigenvalue weighted by Gasteiger charge is 2.25. The number of carboxylic acid groups (broad SMARTS) is 1. The molecule has 5 nitrogen and oxygen atoms in total. The predicted octanol–water partition coefficient (Wildman–Crippen LogP) is 4.20. The van der Waals surface area contributed by atoms with Crippen LogP contribution in [0.15, 0.2) is 60.8 Å². The summed E-state index contributed by atoms with van der Waals surface area (Å²) in [7, 11) is 0. The second-order valence-electron chi connectivity index (χ2n) is 7.94. The number of aryl methyl sites for hydroxylation is 1. The molecule has 0 aliphatic carbocycles. The first-order valence-corrected chi connectivity index (χ1v) is 10.2. The first-order chi connectivity index (χ1) is 14.1. The minimum absolute atomic E-state index is 0.205. The molecule has 1 aliphatic heterocycles. The molecule has 0 amide bonds. The normalized spacial score (nSPS) is 15.5. The third kappa shape index (κ3) is 4.74. The summed E-state index contributed by atoms with van der Waals surface area (Å²) in [5, 5.41) is 14.2. The van der Waals surface area contributed by atoms with Gasteiger partial charge in [0.2, 0.25) is 0 Å². The van der Waals surface area contributed by atoms with E-state index in [1.807, 2.05) is 22.9 Å². The Hall–Kier alpha value is -2.92. The lowest BCUT2D eigenvalue weighted by Crippen LogP contribution is -2.35. The largest absolute Gasteiger partial charge is 0.481 e. The number of aliphatic carboxylic acids is 1. The van der Waals surface area contributed by atoms with Crippen LogP contribution in [0.25, 0.3) is 11.3 Å². The Morgan fingerprint density at radius 3 is 2.52 bits per heavy atom. The zero-order valence-corrected chi connectivity index (χ0v) is 16.8. The second kappa shape index (κ2) is 8.62. The zero-order chi connectivity index (χ0) is 20.2. The van der Waals surface area contributed by atoms with Crippen molar-refractivity contribution in [1.82, 2.24) is 14.7 Å². The molecule has 1 saturated heterocycles. The van der Waals surface area contributed by atoms with Gasteiger partial charge in [0.25, 0.3) is 0 Å². The van der Waals surface area contributed by atoms with Gasteiger partial charge < -0.3 is 5.11 Å². The number of carbonyl (C=O) groups is 1. The first kappa shape index (κ1) is 19.4. The average Bonchev–Trinajstić information content (AvgIpc) is 3.11. The van der Waals surface area contributed by atoms with E-state index in [-0.39, 0.29) is 5.92 Å². The molecule has 0 saturated carbocycles. The van der Waals surface area contributed by atoms with Gasteiger partial charge >= 0.3 is 5.97 Å². The molecule has 0 atom stereocenters. The number of hydrogen-bond acceptors (Lipinski definition) is 3. The topological polar surface area (TPSA) is 58.4 Å². The standard InChI is InChI=1S/C24H27N3O2/c1-18-6-5-9-21(14-18)23-22(16-26-12-10-20(11-13-26)24(28)29)17-27(25-23)15-19-7-3-2-4-8-19/h2-9,14,17,20H,10-13,15-16H2,1H3,(H,28,29). The number of rotatable bonds is 6. The molecule has 1 fully saturated rings. The van der Waals surface area contributed by atoms with Crippen LogP contribution in [0.2, 0.25) is 0 Å². The minimum Gasteiger partial charge on any atom is -0.481 e. The third-order valence-corrected chi connectivity index (χ3v) is 5.65. The second-order valence-corrected chi connectivity index (χ2v) is 7.94. The summed E-state index contributed by atoms with van der Waals surface area (Å²) in [6.07, 6.45) is 3.58. The molecule has 0 spiro atoms. The molecule has 5 heteroatoms. The summed E-state index contributed by atoms with van der Waals surface area (Å²) in [6.45, 7) is 5.26. The summed E-state index contributed by atoms with van der Waals surface area (Å²) in [4.78, 5) is 13.6. The Kier molecular flexibility index (Phi) is 5.76. The summed E-state index contributed by atoms with van der Waals surface area (Å²) in [5.41, 5.74) is 5.78. The smallest absolute Gasteiger partial charge is 0.306 e. The van der Waals surface area contributed by atoms with Crippen LogP contribution in [0, 0.1) is 12.8 Å². The fraction of sp³-hybridized carbons (Fsp3) is 0.333. The third-order valence-electron chi connectivity index (χ3n) is 5.65. The maximum atomic E-state index is 11.2. The van der Waals surface area contributed by atoms with Gasteiger partial charge in [-0.2, -0.15) is 5.10 Å². The Morgan fingerprint density at radius 1 is 1.07 bits per heavy atom. The summed E-state index contributed by atoms with van der Waals surface area (Å²) >= 11 is 0. The fourth-order valence-corrected chi connectivity index (χ4v) is 4.04. The molecule has 1 aliphatic rings. The van der Waals surface area contributed by atoms with Crippen LogP contribution in [-0.4, -0.2) is 38.8 Å². The molecule has 2 heterocycles. The number of carboxylic acids is 1. The average molecular weight is 389 g/mol. The van der Waals surface area contributed by atoms with Crippen LogP contribution in [0.3, 0.4) is 0 Å². The molecular formula is C24H27N3O2. The number of aromatic nitrogens is 2. The van der Waals surface area contributed by atoms with Crippen LogP contribution >= 0.6 is 0 Å². The molecule has 3 aromatic rings. The minimum atomic E-state index is -0.666. The highest BCUT2D eigenvalue weighted by Crippen LogP contribution is 2.26. The van der Waals surface area contributed by atoms with Gasteiger partial charge in [-0.25, -0.2) is 0 Å². The van der Waals surface area contributed by atoms with Crippen molar-refractivity contribution in [3.63, 3.8) is 0 Å². The first-order valence-electron chi connectivity index (χ1n) is 10.2. The van der Waals surface area contributed by atoms with Crippen molar-refractivity contribution in [2.75, 3.05) is 13.1 Å².